The van der Waals surface area contributed by atoms with Gasteiger partial charge < -0.3 is 15.3 Å². The highest BCUT2D eigenvalue weighted by Gasteiger charge is 2.19. The van der Waals surface area contributed by atoms with E-state index in [4.69, 9.17) is 16.9 Å². The molecule has 0 atom stereocenters. The molecule has 168 valence electrons. The van der Waals surface area contributed by atoms with Crippen molar-refractivity contribution in [3.8, 4) is 0 Å². The second kappa shape index (κ2) is 12.0. The van der Waals surface area contributed by atoms with Crippen LogP contribution in [0.3, 0.4) is 0 Å². The molecule has 0 aliphatic carbocycles. The standard InChI is InChI=1S/C23H30ClIN4O2/c1-18-17-19(25)7-8-21(18)26-22-6-3-2-5-20(22)23(31)29(24)10-4-9-27-11-13-28(14-12-27)15-16-30/h2-3,5-8,17,26,30H,4,9-16H2,1H3. The molecule has 6 nitrogen and oxygen atoms in total. The number of rotatable bonds is 9. The van der Waals surface area contributed by atoms with Crippen molar-refractivity contribution in [2.24, 2.45) is 0 Å². The van der Waals surface area contributed by atoms with Crippen molar-refractivity contribution in [3.63, 3.8) is 0 Å². The number of anilines is 2. The molecule has 8 heteroatoms. The summed E-state index contributed by atoms with van der Waals surface area (Å²) in [5.74, 6) is -0.194. The van der Waals surface area contributed by atoms with E-state index in [0.29, 0.717) is 12.1 Å². The van der Waals surface area contributed by atoms with Crippen LogP contribution < -0.4 is 5.32 Å². The number of halogens is 2. The van der Waals surface area contributed by atoms with Crippen molar-refractivity contribution in [2.45, 2.75) is 13.3 Å². The zero-order chi connectivity index (χ0) is 22.2. The number of nitrogens with one attached hydrogen (secondary N) is 1. The van der Waals surface area contributed by atoms with E-state index in [0.717, 1.165) is 62.6 Å². The molecule has 31 heavy (non-hydrogen) atoms. The molecule has 1 amide bonds. The summed E-state index contributed by atoms with van der Waals surface area (Å²) in [6.07, 6.45) is 0.821. The number of β-amino-alcohol motifs (C(OH)–C–C–N with tert-alkyl or cyclic N) is 1. The lowest BCUT2D eigenvalue weighted by Gasteiger charge is -2.34. The molecule has 0 radical (unpaired) electrons. The molecule has 0 saturated carbocycles. The number of aliphatic hydroxyl groups excluding tert-OH is 1. The molecule has 2 aromatic rings. The fourth-order valence-corrected chi connectivity index (χ4v) is 4.59. The van der Waals surface area contributed by atoms with Crippen molar-refractivity contribution < 1.29 is 9.90 Å². The highest BCUT2D eigenvalue weighted by Crippen LogP contribution is 2.26. The first-order chi connectivity index (χ1) is 15.0. The zero-order valence-corrected chi connectivity index (χ0v) is 20.8. The number of hydrogen-bond acceptors (Lipinski definition) is 5. The van der Waals surface area contributed by atoms with Gasteiger partial charge in [-0.25, -0.2) is 0 Å². The van der Waals surface area contributed by atoms with Crippen molar-refractivity contribution >= 4 is 51.6 Å². The highest BCUT2D eigenvalue weighted by molar-refractivity contribution is 14.1. The molecule has 1 aliphatic heterocycles. The van der Waals surface area contributed by atoms with Gasteiger partial charge in [0.15, 0.2) is 0 Å². The Hall–Kier alpha value is -1.39. The molecule has 1 fully saturated rings. The molecule has 2 N–H and O–H groups in total. The zero-order valence-electron chi connectivity index (χ0n) is 17.9. The van der Waals surface area contributed by atoms with Gasteiger partial charge >= 0.3 is 0 Å². The fraction of sp³-hybridized carbons (Fsp3) is 0.435. The van der Waals surface area contributed by atoms with Crippen LogP contribution in [0, 0.1) is 10.5 Å². The number of nitrogens with zero attached hydrogens (tertiary/aromatic N) is 3. The van der Waals surface area contributed by atoms with Crippen molar-refractivity contribution in [3.05, 3.63) is 57.2 Å². The highest BCUT2D eigenvalue weighted by atomic mass is 127. The molecule has 3 rings (SSSR count). The van der Waals surface area contributed by atoms with Gasteiger partial charge in [0.05, 0.1) is 17.9 Å². The van der Waals surface area contributed by atoms with Gasteiger partial charge in [-0.2, -0.15) is 0 Å². The Morgan fingerprint density at radius 1 is 1.10 bits per heavy atom. The molecule has 0 bridgehead atoms. The Labute approximate surface area is 203 Å². The predicted molar refractivity (Wildman–Crippen MR) is 135 cm³/mol. The minimum absolute atomic E-state index is 0.194. The quantitative estimate of drug-likeness (QED) is 0.362. The van der Waals surface area contributed by atoms with Crippen LogP contribution in [-0.2, 0) is 0 Å². The van der Waals surface area contributed by atoms with Crippen LogP contribution in [0.25, 0.3) is 0 Å². The van der Waals surface area contributed by atoms with Crippen molar-refractivity contribution in [2.75, 3.05) is 57.7 Å². The minimum atomic E-state index is -0.194. The molecule has 1 saturated heterocycles. The summed E-state index contributed by atoms with van der Waals surface area (Å²) in [7, 11) is 0. The van der Waals surface area contributed by atoms with Crippen LogP contribution in [0.2, 0.25) is 0 Å². The number of aryl methyl sites for hydroxylation is 1. The fourth-order valence-electron chi connectivity index (χ4n) is 3.73. The normalized spacial score (nSPS) is 15.1. The second-order valence-electron chi connectivity index (χ2n) is 7.78. The summed E-state index contributed by atoms with van der Waals surface area (Å²) < 4.78 is 2.47. The number of amides is 1. The summed E-state index contributed by atoms with van der Waals surface area (Å²) >= 11 is 8.67. The number of carbonyl (C=O) groups excluding carboxylic acids is 1. The van der Waals surface area contributed by atoms with Gasteiger partial charge in [0.1, 0.15) is 0 Å². The molecular formula is C23H30ClIN4O2. The largest absolute Gasteiger partial charge is 0.395 e. The van der Waals surface area contributed by atoms with Crippen LogP contribution in [0.5, 0.6) is 0 Å². The van der Waals surface area contributed by atoms with Crippen molar-refractivity contribution in [1.29, 1.82) is 0 Å². The van der Waals surface area contributed by atoms with Gasteiger partial charge in [-0.1, -0.05) is 12.1 Å². The summed E-state index contributed by atoms with van der Waals surface area (Å²) in [5.41, 5.74) is 3.41. The summed E-state index contributed by atoms with van der Waals surface area (Å²) in [4.78, 5) is 17.7. The monoisotopic (exact) mass is 556 g/mol. The average molecular weight is 557 g/mol. The first-order valence-electron chi connectivity index (χ1n) is 10.6. The van der Waals surface area contributed by atoms with Crippen LogP contribution in [0.1, 0.15) is 22.3 Å². The number of aliphatic hydroxyl groups is 1. The summed E-state index contributed by atoms with van der Waals surface area (Å²) in [6, 6.07) is 13.6. The van der Waals surface area contributed by atoms with Crippen LogP contribution in [0.15, 0.2) is 42.5 Å². The Bertz CT molecular complexity index is 874. The number of para-hydroxylation sites is 1. The van der Waals surface area contributed by atoms with E-state index in [2.05, 4.69) is 43.8 Å². The topological polar surface area (TPSA) is 59.1 Å². The lowest BCUT2D eigenvalue weighted by atomic mass is 10.1. The maximum absolute atomic E-state index is 13.0. The van der Waals surface area contributed by atoms with E-state index in [-0.39, 0.29) is 12.5 Å². The molecular weight excluding hydrogens is 527 g/mol. The third-order valence-electron chi connectivity index (χ3n) is 5.55. The molecule has 2 aromatic carbocycles. The smallest absolute Gasteiger partial charge is 0.270 e. The first-order valence-corrected chi connectivity index (χ1v) is 12.0. The maximum Gasteiger partial charge on any atom is 0.270 e. The third kappa shape index (κ3) is 7.05. The summed E-state index contributed by atoms with van der Waals surface area (Å²) in [6.45, 7) is 8.32. The van der Waals surface area contributed by atoms with Gasteiger partial charge in [-0.05, 0) is 78.4 Å². The van der Waals surface area contributed by atoms with E-state index >= 15 is 0 Å². The Morgan fingerprint density at radius 3 is 2.45 bits per heavy atom. The number of benzene rings is 2. The van der Waals surface area contributed by atoms with Crippen LogP contribution in [-0.4, -0.2) is 77.7 Å². The Kier molecular flexibility index (Phi) is 9.40. The van der Waals surface area contributed by atoms with Gasteiger partial charge in [-0.15, -0.1) is 0 Å². The van der Waals surface area contributed by atoms with Gasteiger partial charge in [0.2, 0.25) is 0 Å². The van der Waals surface area contributed by atoms with E-state index in [1.165, 1.54) is 7.99 Å². The van der Waals surface area contributed by atoms with Gasteiger partial charge in [0.25, 0.3) is 5.91 Å². The molecule has 1 heterocycles. The van der Waals surface area contributed by atoms with Crippen LogP contribution in [0.4, 0.5) is 11.4 Å². The number of carbonyl (C=O) groups is 1. The molecule has 1 aliphatic rings. The molecule has 0 aromatic heterocycles. The molecule has 0 spiro atoms. The van der Waals surface area contributed by atoms with E-state index in [1.54, 1.807) is 0 Å². The average Bonchev–Trinajstić information content (AvgIpc) is 2.77. The van der Waals surface area contributed by atoms with Gasteiger partial charge in [-0.3, -0.25) is 14.1 Å². The lowest BCUT2D eigenvalue weighted by molar-refractivity contribution is 0.0850. The van der Waals surface area contributed by atoms with E-state index in [9.17, 15) is 4.79 Å². The van der Waals surface area contributed by atoms with Crippen molar-refractivity contribution in [1.82, 2.24) is 14.2 Å². The Morgan fingerprint density at radius 2 is 1.77 bits per heavy atom. The van der Waals surface area contributed by atoms with Crippen LogP contribution >= 0.6 is 34.4 Å². The molecule has 0 unspecified atom stereocenters. The summed E-state index contributed by atoms with van der Waals surface area (Å²) in [5, 5.41) is 12.4. The lowest BCUT2D eigenvalue weighted by Crippen LogP contribution is -2.47. The first kappa shape index (κ1) is 24.3. The minimum Gasteiger partial charge on any atom is -0.395 e. The third-order valence-corrected chi connectivity index (χ3v) is 6.54. The maximum atomic E-state index is 13.0. The number of piperazine rings is 1. The van der Waals surface area contributed by atoms with E-state index in [1.807, 2.05) is 43.3 Å². The second-order valence-corrected chi connectivity index (χ2v) is 9.43. The predicted octanol–water partition coefficient (Wildman–Crippen LogP) is 3.94. The van der Waals surface area contributed by atoms with E-state index < -0.39 is 0 Å². The Balaban J connectivity index is 1.54. The number of hydrogen-bond donors (Lipinski definition) is 2. The SMILES string of the molecule is Cc1cc(I)ccc1Nc1ccccc1C(=O)N(Cl)CCCN1CCN(CCO)CC1. The van der Waals surface area contributed by atoms with Gasteiger partial charge in [0, 0.05) is 60.3 Å².